The highest BCUT2D eigenvalue weighted by Crippen LogP contribution is 2.35. The molecule has 5 heteroatoms. The van der Waals surface area contributed by atoms with Crippen molar-refractivity contribution in [3.8, 4) is 0 Å². The van der Waals surface area contributed by atoms with Crippen LogP contribution in [0.4, 0.5) is 11.4 Å². The molecule has 1 fully saturated rings. The molecule has 0 aliphatic carbocycles. The Balaban J connectivity index is 2.42. The Morgan fingerprint density at radius 2 is 1.75 bits per heavy atom. The van der Waals surface area contributed by atoms with Crippen LogP contribution in [0.3, 0.4) is 0 Å². The average Bonchev–Trinajstić information content (AvgIpc) is 2.30. The molecule has 0 saturated carbocycles. The summed E-state index contributed by atoms with van der Waals surface area (Å²) in [5, 5.41) is 23.3. The van der Waals surface area contributed by atoms with Crippen LogP contribution in [0.2, 0.25) is 0 Å². The van der Waals surface area contributed by atoms with Crippen LogP contribution in [0.1, 0.15) is 19.3 Å². The molecule has 1 aliphatic heterocycles. The van der Waals surface area contributed by atoms with Gasteiger partial charge in [0.25, 0.3) is 0 Å². The van der Waals surface area contributed by atoms with Crippen LogP contribution >= 0.6 is 0 Å². The molecular weight excluding hydrogens is 208 g/mol. The minimum absolute atomic E-state index is 0.0561. The van der Waals surface area contributed by atoms with E-state index in [1.807, 2.05) is 0 Å². The van der Waals surface area contributed by atoms with E-state index in [1.54, 1.807) is 18.2 Å². The smallest absolute Gasteiger partial charge is 0.329 e. The van der Waals surface area contributed by atoms with E-state index in [-0.39, 0.29) is 5.69 Å². The van der Waals surface area contributed by atoms with E-state index in [9.17, 15) is 15.3 Å². The number of nitro benzene ring substituents is 1. The van der Waals surface area contributed by atoms with E-state index in [2.05, 4.69) is 0 Å². The van der Waals surface area contributed by atoms with Crippen molar-refractivity contribution < 1.29 is 4.92 Å². The molecule has 1 aliphatic rings. The predicted octanol–water partition coefficient (Wildman–Crippen LogP) is 2.58. The molecule has 86 valence electrons. The van der Waals surface area contributed by atoms with Crippen LogP contribution in [0.25, 0.3) is 0 Å². The lowest BCUT2D eigenvalue weighted by molar-refractivity contribution is -0.384. The molecule has 0 unspecified atom stereocenters. The van der Waals surface area contributed by atoms with Gasteiger partial charge in [0.05, 0.1) is 18.0 Å². The Morgan fingerprint density at radius 3 is 2.38 bits per heavy atom. The van der Waals surface area contributed by atoms with Gasteiger partial charge in [-0.2, -0.15) is 0 Å². The van der Waals surface area contributed by atoms with E-state index in [0.717, 1.165) is 19.3 Å². The first-order valence-corrected chi connectivity index (χ1v) is 5.45. The van der Waals surface area contributed by atoms with E-state index >= 15 is 0 Å². The van der Waals surface area contributed by atoms with Crippen molar-refractivity contribution in [2.24, 2.45) is 0 Å². The SMILES string of the molecule is O=[N+]([O-])c1ccccc1[N+]1([O-])CCCCC1. The summed E-state index contributed by atoms with van der Waals surface area (Å²) >= 11 is 0. The molecule has 5 nitrogen and oxygen atoms in total. The predicted molar refractivity (Wildman–Crippen MR) is 61.8 cm³/mol. The van der Waals surface area contributed by atoms with Gasteiger partial charge in [-0.05, 0) is 19.3 Å². The van der Waals surface area contributed by atoms with Gasteiger partial charge in [0, 0.05) is 12.1 Å². The van der Waals surface area contributed by atoms with Crippen LogP contribution < -0.4 is 4.65 Å². The maximum atomic E-state index is 12.5. The zero-order chi connectivity index (χ0) is 11.6. The lowest BCUT2D eigenvalue weighted by Gasteiger charge is -2.44. The highest BCUT2D eigenvalue weighted by atomic mass is 16.6. The standard InChI is InChI=1S/C11H14N2O3/c14-12(15)10-6-2-3-7-11(10)13(16)8-4-1-5-9-13/h2-3,6-7H,1,4-5,8-9H2. The van der Waals surface area contributed by atoms with Crippen molar-refractivity contribution in [1.29, 1.82) is 0 Å². The van der Waals surface area contributed by atoms with Gasteiger partial charge in [-0.25, -0.2) is 0 Å². The van der Waals surface area contributed by atoms with Gasteiger partial charge in [-0.15, -0.1) is 0 Å². The summed E-state index contributed by atoms with van der Waals surface area (Å²) in [6.45, 7) is 0.899. The van der Waals surface area contributed by atoms with Gasteiger partial charge < -0.3 is 9.85 Å². The third-order valence-corrected chi connectivity index (χ3v) is 3.06. The molecule has 1 heterocycles. The lowest BCUT2D eigenvalue weighted by Crippen LogP contribution is -2.47. The quantitative estimate of drug-likeness (QED) is 0.334. The summed E-state index contributed by atoms with van der Waals surface area (Å²) in [5.41, 5.74) is 0.242. The molecule has 2 rings (SSSR count). The van der Waals surface area contributed by atoms with E-state index in [1.165, 1.54) is 6.07 Å². The summed E-state index contributed by atoms with van der Waals surface area (Å²) in [4.78, 5) is 10.4. The third-order valence-electron chi connectivity index (χ3n) is 3.06. The Kier molecular flexibility index (Phi) is 2.89. The van der Waals surface area contributed by atoms with Gasteiger partial charge in [-0.1, -0.05) is 12.1 Å². The fraction of sp³-hybridized carbons (Fsp3) is 0.455. The number of rotatable bonds is 2. The Hall–Kier alpha value is -1.46. The molecular formula is C11H14N2O3. The fourth-order valence-corrected chi connectivity index (χ4v) is 2.23. The molecule has 16 heavy (non-hydrogen) atoms. The van der Waals surface area contributed by atoms with Crippen LogP contribution in [-0.4, -0.2) is 18.0 Å². The average molecular weight is 222 g/mol. The fourth-order valence-electron chi connectivity index (χ4n) is 2.23. The van der Waals surface area contributed by atoms with Crippen molar-refractivity contribution in [2.45, 2.75) is 19.3 Å². The number of nitrogens with zero attached hydrogens (tertiary/aromatic N) is 2. The number of hydrogen-bond acceptors (Lipinski definition) is 3. The van der Waals surface area contributed by atoms with Gasteiger partial charge in [-0.3, -0.25) is 10.1 Å². The minimum Gasteiger partial charge on any atom is -0.627 e. The molecule has 0 radical (unpaired) electrons. The summed E-state index contributed by atoms with van der Waals surface area (Å²) in [5.74, 6) is 0. The number of hydrogen-bond donors (Lipinski definition) is 0. The van der Waals surface area contributed by atoms with Crippen molar-refractivity contribution >= 4 is 11.4 Å². The minimum atomic E-state index is -0.544. The van der Waals surface area contributed by atoms with Crippen molar-refractivity contribution in [1.82, 2.24) is 4.65 Å². The summed E-state index contributed by atoms with van der Waals surface area (Å²) in [6.07, 6.45) is 2.73. The first kappa shape index (κ1) is 11.0. The van der Waals surface area contributed by atoms with Crippen molar-refractivity contribution in [3.63, 3.8) is 0 Å². The van der Waals surface area contributed by atoms with E-state index < -0.39 is 9.57 Å². The summed E-state index contributed by atoms with van der Waals surface area (Å²) < 4.78 is -0.544. The zero-order valence-corrected chi connectivity index (χ0v) is 8.96. The first-order valence-electron chi connectivity index (χ1n) is 5.45. The number of benzene rings is 1. The molecule has 1 aromatic carbocycles. The molecule has 0 N–H and O–H groups in total. The number of para-hydroxylation sites is 2. The maximum Gasteiger partial charge on any atom is 0.329 e. The largest absolute Gasteiger partial charge is 0.627 e. The van der Waals surface area contributed by atoms with E-state index in [4.69, 9.17) is 0 Å². The van der Waals surface area contributed by atoms with Gasteiger partial charge in [0.2, 0.25) is 5.69 Å². The molecule has 0 bridgehead atoms. The van der Waals surface area contributed by atoms with Crippen LogP contribution in [-0.2, 0) is 0 Å². The second-order valence-corrected chi connectivity index (χ2v) is 4.14. The molecule has 0 amide bonds. The van der Waals surface area contributed by atoms with Crippen LogP contribution in [0.5, 0.6) is 0 Å². The normalized spacial score (nSPS) is 19.3. The number of piperidine rings is 1. The van der Waals surface area contributed by atoms with Gasteiger partial charge in [0.1, 0.15) is 0 Å². The molecule has 1 aromatic rings. The first-order chi connectivity index (χ1) is 7.63. The number of quaternary nitrogens is 1. The maximum absolute atomic E-state index is 12.5. The molecule has 1 saturated heterocycles. The van der Waals surface area contributed by atoms with Crippen LogP contribution in [0, 0.1) is 15.3 Å². The van der Waals surface area contributed by atoms with E-state index in [0.29, 0.717) is 18.8 Å². The Labute approximate surface area is 93.6 Å². The second kappa shape index (κ2) is 4.19. The topological polar surface area (TPSA) is 66.2 Å². The molecule has 0 atom stereocenters. The number of nitro groups is 1. The monoisotopic (exact) mass is 222 g/mol. The molecule has 0 spiro atoms. The Morgan fingerprint density at radius 1 is 1.12 bits per heavy atom. The van der Waals surface area contributed by atoms with Crippen molar-refractivity contribution in [2.75, 3.05) is 13.1 Å². The lowest BCUT2D eigenvalue weighted by atomic mass is 10.1. The van der Waals surface area contributed by atoms with Crippen molar-refractivity contribution in [3.05, 3.63) is 39.6 Å². The number of hydroxylamine groups is 2. The highest BCUT2D eigenvalue weighted by Gasteiger charge is 2.30. The summed E-state index contributed by atoms with van der Waals surface area (Å²) in [6, 6.07) is 6.27. The Bertz CT molecular complexity index is 400. The highest BCUT2D eigenvalue weighted by molar-refractivity contribution is 5.61. The third kappa shape index (κ3) is 1.91. The van der Waals surface area contributed by atoms with Gasteiger partial charge >= 0.3 is 5.69 Å². The van der Waals surface area contributed by atoms with Gasteiger partial charge in [0.15, 0.2) is 0 Å². The molecule has 0 aromatic heterocycles. The zero-order valence-electron chi connectivity index (χ0n) is 8.96. The second-order valence-electron chi connectivity index (χ2n) is 4.14. The van der Waals surface area contributed by atoms with Crippen LogP contribution in [0.15, 0.2) is 24.3 Å². The summed E-state index contributed by atoms with van der Waals surface area (Å²) in [7, 11) is 0.